The lowest BCUT2D eigenvalue weighted by molar-refractivity contribution is 0.101. The largest absolute Gasteiger partial charge is 0.464 e. The van der Waals surface area contributed by atoms with Gasteiger partial charge in [-0.1, -0.05) is 0 Å². The average Bonchev–Trinajstić information content (AvgIpc) is 2.04. The predicted octanol–water partition coefficient (Wildman–Crippen LogP) is 1.39. The molecule has 0 spiro atoms. The second kappa shape index (κ2) is 3.98. The maximum Gasteiger partial charge on any atom is 0.316 e. The second-order valence-electron chi connectivity index (χ2n) is 2.64. The molecular weight excluding hydrogens is 168 g/mol. The Bertz CT molecular complexity index is 323. The molecule has 0 aliphatic carbocycles. The van der Waals surface area contributed by atoms with Gasteiger partial charge in [0.25, 0.3) is 0 Å². The number of rotatable bonds is 3. The van der Waals surface area contributed by atoms with E-state index in [1.807, 2.05) is 6.92 Å². The summed E-state index contributed by atoms with van der Waals surface area (Å²) in [5, 5.41) is 0. The van der Waals surface area contributed by atoms with Crippen LogP contribution in [0.2, 0.25) is 0 Å². The third kappa shape index (κ3) is 2.24. The van der Waals surface area contributed by atoms with E-state index < -0.39 is 0 Å². The standard InChI is InChI=1S/C9H12N2O2/c1-4-13-9-10-5-8(7(3)12)6(2)11-9/h5H,4H2,1-3H3. The zero-order valence-electron chi connectivity index (χ0n) is 8.00. The summed E-state index contributed by atoms with van der Waals surface area (Å²) < 4.78 is 5.09. The Morgan fingerprint density at radius 3 is 2.77 bits per heavy atom. The van der Waals surface area contributed by atoms with Gasteiger partial charge in [-0.3, -0.25) is 4.79 Å². The smallest absolute Gasteiger partial charge is 0.316 e. The zero-order chi connectivity index (χ0) is 9.84. The Kier molecular flexibility index (Phi) is 2.95. The number of aromatic nitrogens is 2. The second-order valence-corrected chi connectivity index (χ2v) is 2.64. The summed E-state index contributed by atoms with van der Waals surface area (Å²) in [5.74, 6) is -0.0273. The average molecular weight is 180 g/mol. The molecule has 0 bridgehead atoms. The molecule has 0 radical (unpaired) electrons. The number of carbonyl (C=O) groups excluding carboxylic acids is 1. The molecule has 1 aromatic heterocycles. The molecule has 0 N–H and O–H groups in total. The Balaban J connectivity index is 2.98. The quantitative estimate of drug-likeness (QED) is 0.659. The normalized spacial score (nSPS) is 9.77. The molecule has 0 aliphatic rings. The highest BCUT2D eigenvalue weighted by atomic mass is 16.5. The molecule has 0 fully saturated rings. The van der Waals surface area contributed by atoms with Crippen LogP contribution in [0.15, 0.2) is 6.20 Å². The molecule has 4 heteroatoms. The van der Waals surface area contributed by atoms with E-state index in [9.17, 15) is 4.79 Å². The van der Waals surface area contributed by atoms with Gasteiger partial charge in [0.15, 0.2) is 5.78 Å². The predicted molar refractivity (Wildman–Crippen MR) is 47.9 cm³/mol. The Labute approximate surface area is 77.0 Å². The van der Waals surface area contributed by atoms with Gasteiger partial charge in [0.05, 0.1) is 17.9 Å². The number of aryl methyl sites for hydroxylation is 1. The minimum Gasteiger partial charge on any atom is -0.464 e. The fraction of sp³-hybridized carbons (Fsp3) is 0.444. The third-order valence-electron chi connectivity index (χ3n) is 1.61. The maximum absolute atomic E-state index is 11.0. The van der Waals surface area contributed by atoms with Crippen LogP contribution in [0.1, 0.15) is 29.9 Å². The first-order valence-corrected chi connectivity index (χ1v) is 4.12. The summed E-state index contributed by atoms with van der Waals surface area (Å²) in [5.41, 5.74) is 1.20. The van der Waals surface area contributed by atoms with Crippen molar-refractivity contribution in [3.8, 4) is 6.01 Å². The number of hydrogen-bond acceptors (Lipinski definition) is 4. The van der Waals surface area contributed by atoms with Crippen molar-refractivity contribution in [3.63, 3.8) is 0 Å². The maximum atomic E-state index is 11.0. The van der Waals surface area contributed by atoms with Crippen LogP contribution in [0, 0.1) is 6.92 Å². The molecule has 0 atom stereocenters. The molecule has 0 saturated heterocycles. The first kappa shape index (κ1) is 9.64. The van der Waals surface area contributed by atoms with Crippen molar-refractivity contribution >= 4 is 5.78 Å². The van der Waals surface area contributed by atoms with Crippen LogP contribution in [0.5, 0.6) is 6.01 Å². The van der Waals surface area contributed by atoms with Gasteiger partial charge in [-0.25, -0.2) is 4.98 Å². The molecule has 0 aliphatic heterocycles. The lowest BCUT2D eigenvalue weighted by Crippen LogP contribution is -2.04. The molecule has 0 aromatic carbocycles. The Hall–Kier alpha value is -1.45. The van der Waals surface area contributed by atoms with Crippen LogP contribution >= 0.6 is 0 Å². The fourth-order valence-corrected chi connectivity index (χ4v) is 0.990. The fourth-order valence-electron chi connectivity index (χ4n) is 0.990. The van der Waals surface area contributed by atoms with Gasteiger partial charge in [-0.05, 0) is 20.8 Å². The molecule has 0 amide bonds. The summed E-state index contributed by atoms with van der Waals surface area (Å²) >= 11 is 0. The van der Waals surface area contributed by atoms with Gasteiger partial charge < -0.3 is 4.74 Å². The molecule has 1 rings (SSSR count). The van der Waals surface area contributed by atoms with E-state index in [0.29, 0.717) is 23.9 Å². The van der Waals surface area contributed by atoms with Crippen LogP contribution < -0.4 is 4.74 Å². The first-order chi connectivity index (χ1) is 6.15. The summed E-state index contributed by atoms with van der Waals surface area (Å²) in [6.07, 6.45) is 1.50. The van der Waals surface area contributed by atoms with Gasteiger partial charge in [-0.15, -0.1) is 0 Å². The number of carbonyl (C=O) groups is 1. The van der Waals surface area contributed by atoms with Crippen LogP contribution in [-0.2, 0) is 0 Å². The highest BCUT2D eigenvalue weighted by Gasteiger charge is 2.06. The molecule has 0 unspecified atom stereocenters. The lowest BCUT2D eigenvalue weighted by Gasteiger charge is -2.03. The van der Waals surface area contributed by atoms with E-state index in [-0.39, 0.29) is 5.78 Å². The highest BCUT2D eigenvalue weighted by molar-refractivity contribution is 5.94. The Morgan fingerprint density at radius 2 is 2.31 bits per heavy atom. The minimum atomic E-state index is -0.0273. The SMILES string of the molecule is CCOc1ncc(C(C)=O)c(C)n1. The van der Waals surface area contributed by atoms with E-state index in [0.717, 1.165) is 0 Å². The van der Waals surface area contributed by atoms with E-state index >= 15 is 0 Å². The molecule has 1 heterocycles. The zero-order valence-corrected chi connectivity index (χ0v) is 8.00. The van der Waals surface area contributed by atoms with Gasteiger partial charge in [0.2, 0.25) is 0 Å². The van der Waals surface area contributed by atoms with Crippen molar-refractivity contribution in [2.75, 3.05) is 6.61 Å². The van der Waals surface area contributed by atoms with Gasteiger partial charge in [0, 0.05) is 6.20 Å². The number of ketones is 1. The van der Waals surface area contributed by atoms with Crippen molar-refractivity contribution < 1.29 is 9.53 Å². The lowest BCUT2D eigenvalue weighted by atomic mass is 10.2. The van der Waals surface area contributed by atoms with E-state index in [4.69, 9.17) is 4.74 Å². The first-order valence-electron chi connectivity index (χ1n) is 4.12. The van der Waals surface area contributed by atoms with E-state index in [1.54, 1.807) is 6.92 Å². The monoisotopic (exact) mass is 180 g/mol. The third-order valence-corrected chi connectivity index (χ3v) is 1.61. The molecule has 0 saturated carbocycles. The molecule has 70 valence electrons. The summed E-state index contributed by atoms with van der Waals surface area (Å²) in [4.78, 5) is 18.9. The molecular formula is C9H12N2O2. The van der Waals surface area contributed by atoms with E-state index in [1.165, 1.54) is 13.1 Å². The van der Waals surface area contributed by atoms with Gasteiger partial charge >= 0.3 is 6.01 Å². The number of Topliss-reactive ketones (excluding diaryl/α,β-unsaturated/α-hetero) is 1. The number of nitrogens with zero attached hydrogens (tertiary/aromatic N) is 2. The van der Waals surface area contributed by atoms with Crippen molar-refractivity contribution in [3.05, 3.63) is 17.5 Å². The van der Waals surface area contributed by atoms with Gasteiger partial charge in [-0.2, -0.15) is 4.98 Å². The van der Waals surface area contributed by atoms with Crippen molar-refractivity contribution in [1.82, 2.24) is 9.97 Å². The minimum absolute atomic E-state index is 0.0273. The van der Waals surface area contributed by atoms with Crippen LogP contribution in [0.4, 0.5) is 0 Å². The van der Waals surface area contributed by atoms with Gasteiger partial charge in [0.1, 0.15) is 0 Å². The highest BCUT2D eigenvalue weighted by Crippen LogP contribution is 2.08. The van der Waals surface area contributed by atoms with Crippen LogP contribution in [0.25, 0.3) is 0 Å². The number of ether oxygens (including phenoxy) is 1. The van der Waals surface area contributed by atoms with Crippen LogP contribution in [0.3, 0.4) is 0 Å². The summed E-state index contributed by atoms with van der Waals surface area (Å²) in [7, 11) is 0. The summed E-state index contributed by atoms with van der Waals surface area (Å²) in [6.45, 7) is 5.64. The van der Waals surface area contributed by atoms with Crippen LogP contribution in [-0.4, -0.2) is 22.4 Å². The molecule has 13 heavy (non-hydrogen) atoms. The van der Waals surface area contributed by atoms with Crippen molar-refractivity contribution in [2.24, 2.45) is 0 Å². The number of hydrogen-bond donors (Lipinski definition) is 0. The Morgan fingerprint density at radius 1 is 1.62 bits per heavy atom. The van der Waals surface area contributed by atoms with Crippen molar-refractivity contribution in [2.45, 2.75) is 20.8 Å². The van der Waals surface area contributed by atoms with Crippen molar-refractivity contribution in [1.29, 1.82) is 0 Å². The molecule has 1 aromatic rings. The topological polar surface area (TPSA) is 52.1 Å². The molecule has 4 nitrogen and oxygen atoms in total. The summed E-state index contributed by atoms with van der Waals surface area (Å²) in [6, 6.07) is 0.324. The van der Waals surface area contributed by atoms with E-state index in [2.05, 4.69) is 9.97 Å².